The van der Waals surface area contributed by atoms with E-state index in [1.165, 1.54) is 0 Å². The van der Waals surface area contributed by atoms with Gasteiger partial charge in [-0.3, -0.25) is 0 Å². The Kier molecular flexibility index (Phi) is 3.85. The van der Waals surface area contributed by atoms with Crippen molar-refractivity contribution in [3.8, 4) is 11.5 Å². The lowest BCUT2D eigenvalue weighted by molar-refractivity contribution is 0.446. The van der Waals surface area contributed by atoms with Gasteiger partial charge >= 0.3 is 5.76 Å². The van der Waals surface area contributed by atoms with E-state index in [-0.39, 0.29) is 17.9 Å². The zero-order valence-electron chi connectivity index (χ0n) is 14.8. The van der Waals surface area contributed by atoms with Gasteiger partial charge in [-0.25, -0.2) is 28.0 Å². The average molecular weight is 401 g/mol. The second kappa shape index (κ2) is 6.31. The number of nitrogens with zero attached hydrogens (tertiary/aromatic N) is 3. The number of rotatable bonds is 2. The number of H-pyrrole nitrogens is 1. The number of nitrogens with one attached hydrogen (secondary N) is 1. The molecule has 1 aliphatic rings. The molecule has 2 unspecified atom stereocenters. The van der Waals surface area contributed by atoms with Crippen molar-refractivity contribution in [2.24, 2.45) is 5.73 Å². The number of nitrogens with two attached hydrogens (primary N) is 1. The number of pyridine rings is 1. The quantitative estimate of drug-likeness (QED) is 0.502. The van der Waals surface area contributed by atoms with Gasteiger partial charge in [0.2, 0.25) is 5.89 Å². The number of hydrogen-bond acceptors (Lipinski definition) is 5. The second-order valence-corrected chi connectivity index (χ2v) is 7.03. The Labute approximate surface area is 161 Å². The van der Waals surface area contributed by atoms with Crippen molar-refractivity contribution in [2.45, 2.75) is 24.8 Å². The average Bonchev–Trinajstić information content (AvgIpc) is 3.27. The fourth-order valence-corrected chi connectivity index (χ4v) is 3.90. The van der Waals surface area contributed by atoms with Crippen LogP contribution in [0.4, 0.5) is 13.2 Å². The van der Waals surface area contributed by atoms with Crippen molar-refractivity contribution in [1.82, 2.24) is 19.6 Å². The molecule has 3 aromatic heterocycles. The molecule has 10 heteroatoms. The number of imidazole rings is 1. The molecule has 5 rings (SSSR count). The van der Waals surface area contributed by atoms with Crippen molar-refractivity contribution in [3.63, 3.8) is 0 Å². The van der Waals surface area contributed by atoms with Crippen LogP contribution in [0.2, 0.25) is 0 Å². The van der Waals surface area contributed by atoms with Gasteiger partial charge < -0.3 is 14.6 Å². The van der Waals surface area contributed by atoms with Crippen molar-refractivity contribution in [1.29, 1.82) is 0 Å². The summed E-state index contributed by atoms with van der Waals surface area (Å²) in [6, 6.07) is 4.34. The van der Waals surface area contributed by atoms with E-state index in [4.69, 9.17) is 10.2 Å². The van der Waals surface area contributed by atoms with Gasteiger partial charge in [0.05, 0.1) is 5.69 Å². The summed E-state index contributed by atoms with van der Waals surface area (Å²) >= 11 is 0. The summed E-state index contributed by atoms with van der Waals surface area (Å²) < 4.78 is 48.0. The minimum atomic E-state index is -1.23. The molecule has 0 bridgehead atoms. The fraction of sp³-hybridized carbons (Fsp3) is 0.211. The minimum Gasteiger partial charge on any atom is -0.388 e. The molecule has 0 spiro atoms. The van der Waals surface area contributed by atoms with Crippen LogP contribution >= 0.6 is 0 Å². The lowest BCUT2D eigenvalue weighted by atomic mass is 9.80. The predicted molar refractivity (Wildman–Crippen MR) is 95.8 cm³/mol. The first-order valence-electron chi connectivity index (χ1n) is 8.86. The zero-order valence-corrected chi connectivity index (χ0v) is 14.8. The highest BCUT2D eigenvalue weighted by Gasteiger charge is 2.33. The third-order valence-electron chi connectivity index (χ3n) is 5.29. The van der Waals surface area contributed by atoms with Gasteiger partial charge in [-0.1, -0.05) is 0 Å². The Morgan fingerprint density at radius 1 is 1.14 bits per heavy atom. The Bertz CT molecular complexity index is 1310. The molecule has 1 aromatic carbocycles. The highest BCUT2D eigenvalue weighted by molar-refractivity contribution is 5.60. The topological polar surface area (TPSA) is 102 Å². The second-order valence-electron chi connectivity index (χ2n) is 7.03. The monoisotopic (exact) mass is 401 g/mol. The molecule has 0 saturated carbocycles. The van der Waals surface area contributed by atoms with E-state index in [9.17, 15) is 18.0 Å². The summed E-state index contributed by atoms with van der Waals surface area (Å²) in [6.07, 6.45) is 2.43. The van der Waals surface area contributed by atoms with E-state index in [0.717, 1.165) is 11.8 Å². The highest BCUT2D eigenvalue weighted by Crippen LogP contribution is 2.34. The maximum Gasteiger partial charge on any atom is 0.434 e. The molecule has 4 aromatic rings. The first-order valence-corrected chi connectivity index (χ1v) is 8.86. The minimum absolute atomic E-state index is 0.0399. The maximum absolute atomic E-state index is 14.3. The Balaban J connectivity index is 1.56. The lowest BCUT2D eigenvalue weighted by Crippen LogP contribution is -2.37. The van der Waals surface area contributed by atoms with Crippen LogP contribution in [-0.2, 0) is 12.8 Å². The van der Waals surface area contributed by atoms with Crippen molar-refractivity contribution in [2.75, 3.05) is 0 Å². The van der Waals surface area contributed by atoms with Crippen LogP contribution in [0.3, 0.4) is 0 Å². The summed E-state index contributed by atoms with van der Waals surface area (Å²) in [7, 11) is 0. The van der Waals surface area contributed by atoms with E-state index in [1.807, 2.05) is 4.40 Å². The SMILES string of the molecule is NC1Cc2c(nc3cc(-c4n[nH]c(=O)o4)ccn23)CC1c1cc(F)c(F)cc1F. The largest absolute Gasteiger partial charge is 0.434 e. The molecule has 0 aliphatic heterocycles. The molecule has 0 fully saturated rings. The van der Waals surface area contributed by atoms with Gasteiger partial charge in [0.15, 0.2) is 11.6 Å². The first-order chi connectivity index (χ1) is 13.9. The Morgan fingerprint density at radius 2 is 1.93 bits per heavy atom. The van der Waals surface area contributed by atoms with E-state index in [2.05, 4.69) is 15.2 Å². The normalized spacial score (nSPS) is 18.9. The molecule has 3 N–H and O–H groups in total. The van der Waals surface area contributed by atoms with E-state index < -0.39 is 35.2 Å². The molecule has 0 amide bonds. The van der Waals surface area contributed by atoms with Gasteiger partial charge in [-0.15, -0.1) is 5.10 Å². The lowest BCUT2D eigenvalue weighted by Gasteiger charge is -2.29. The molecule has 29 heavy (non-hydrogen) atoms. The van der Waals surface area contributed by atoms with Crippen molar-refractivity contribution in [3.05, 3.63) is 75.4 Å². The number of fused-ring (bicyclic) bond motifs is 3. The Morgan fingerprint density at radius 3 is 2.69 bits per heavy atom. The molecule has 1 aliphatic carbocycles. The first kappa shape index (κ1) is 17.7. The molecular weight excluding hydrogens is 387 g/mol. The van der Waals surface area contributed by atoms with Crippen LogP contribution < -0.4 is 11.5 Å². The summed E-state index contributed by atoms with van der Waals surface area (Å²) in [5.74, 6) is -4.23. The van der Waals surface area contributed by atoms with E-state index in [0.29, 0.717) is 29.4 Å². The van der Waals surface area contributed by atoms with Gasteiger partial charge in [0.1, 0.15) is 11.5 Å². The Hall–Kier alpha value is -3.40. The van der Waals surface area contributed by atoms with Crippen LogP contribution in [0.15, 0.2) is 39.7 Å². The third-order valence-corrected chi connectivity index (χ3v) is 5.29. The van der Waals surface area contributed by atoms with Crippen molar-refractivity contribution < 1.29 is 17.6 Å². The number of aromatic nitrogens is 4. The van der Waals surface area contributed by atoms with Crippen LogP contribution in [-0.4, -0.2) is 25.6 Å². The van der Waals surface area contributed by atoms with Gasteiger partial charge in [0.25, 0.3) is 0 Å². The smallest absolute Gasteiger partial charge is 0.388 e. The maximum atomic E-state index is 14.3. The summed E-state index contributed by atoms with van der Waals surface area (Å²) in [6.45, 7) is 0. The van der Waals surface area contributed by atoms with Gasteiger partial charge in [-0.2, -0.15) is 0 Å². The molecule has 7 nitrogen and oxygen atoms in total. The van der Waals surface area contributed by atoms with E-state index in [1.54, 1.807) is 18.3 Å². The third kappa shape index (κ3) is 2.83. The number of benzene rings is 1. The number of aromatic amines is 1. The number of hydrogen-bond donors (Lipinski definition) is 2. The molecular formula is C19H14F3N5O2. The predicted octanol–water partition coefficient (Wildman–Crippen LogP) is 2.30. The standard InChI is InChI=1S/C19H14F3N5O2/c20-11-6-13(22)12(21)4-9(11)10-5-15-16(7-14(10)23)27-2-1-8(3-17(27)24-15)18-25-26-19(28)29-18/h1-4,6,10,14H,5,7,23H2,(H,26,28). The van der Waals surface area contributed by atoms with Crippen LogP contribution in [0.1, 0.15) is 22.9 Å². The molecule has 0 saturated heterocycles. The molecule has 3 heterocycles. The summed E-state index contributed by atoms with van der Waals surface area (Å²) in [5.41, 5.74) is 9.01. The molecule has 0 radical (unpaired) electrons. The van der Waals surface area contributed by atoms with Crippen molar-refractivity contribution >= 4 is 5.65 Å². The van der Waals surface area contributed by atoms with Crippen LogP contribution in [0, 0.1) is 17.5 Å². The van der Waals surface area contributed by atoms with Gasteiger partial charge in [0, 0.05) is 41.9 Å². The van der Waals surface area contributed by atoms with E-state index >= 15 is 0 Å². The number of halogens is 3. The van der Waals surface area contributed by atoms with Crippen LogP contribution in [0.5, 0.6) is 0 Å². The fourth-order valence-electron chi connectivity index (χ4n) is 3.90. The summed E-state index contributed by atoms with van der Waals surface area (Å²) in [5, 5.41) is 5.99. The zero-order chi connectivity index (χ0) is 20.3. The molecule has 2 atom stereocenters. The van der Waals surface area contributed by atoms with Gasteiger partial charge in [-0.05, 0) is 30.2 Å². The molecule has 148 valence electrons. The highest BCUT2D eigenvalue weighted by atomic mass is 19.2. The summed E-state index contributed by atoms with van der Waals surface area (Å²) in [4.78, 5) is 15.8. The van der Waals surface area contributed by atoms with Crippen LogP contribution in [0.25, 0.3) is 17.1 Å².